The SMILES string of the molecule is Cc1cc(O[Si](C)(C)C(C)(C)C)c(C)cc1C=O. The Morgan fingerprint density at radius 2 is 1.67 bits per heavy atom. The molecular formula is C15H24O2Si. The lowest BCUT2D eigenvalue weighted by Crippen LogP contribution is -2.44. The van der Waals surface area contributed by atoms with Crippen LogP contribution in [-0.4, -0.2) is 14.6 Å². The predicted molar refractivity (Wildman–Crippen MR) is 79.1 cm³/mol. The van der Waals surface area contributed by atoms with Crippen molar-refractivity contribution in [3.05, 3.63) is 28.8 Å². The minimum absolute atomic E-state index is 0.177. The molecule has 0 amide bonds. The Labute approximate surface area is 111 Å². The molecule has 0 unspecified atom stereocenters. The van der Waals surface area contributed by atoms with Crippen molar-refractivity contribution in [3.8, 4) is 5.75 Å². The molecule has 0 heterocycles. The van der Waals surface area contributed by atoms with Crippen molar-refractivity contribution in [1.29, 1.82) is 0 Å². The monoisotopic (exact) mass is 264 g/mol. The van der Waals surface area contributed by atoms with Gasteiger partial charge in [0.25, 0.3) is 0 Å². The summed E-state index contributed by atoms with van der Waals surface area (Å²) >= 11 is 0. The third kappa shape index (κ3) is 3.02. The summed E-state index contributed by atoms with van der Waals surface area (Å²) in [6.45, 7) is 15.1. The Balaban J connectivity index is 3.13. The number of aldehydes is 1. The number of rotatable bonds is 3. The highest BCUT2D eigenvalue weighted by atomic mass is 28.4. The number of hydrogen-bond donors (Lipinski definition) is 0. The maximum Gasteiger partial charge on any atom is 0.250 e. The second-order valence-corrected chi connectivity index (χ2v) is 11.2. The Kier molecular flexibility index (Phi) is 4.06. The highest BCUT2D eigenvalue weighted by Crippen LogP contribution is 2.38. The molecule has 2 nitrogen and oxygen atoms in total. The largest absolute Gasteiger partial charge is 0.543 e. The first kappa shape index (κ1) is 15.0. The van der Waals surface area contributed by atoms with Crippen LogP contribution in [-0.2, 0) is 0 Å². The molecule has 0 N–H and O–H groups in total. The maximum absolute atomic E-state index is 10.9. The normalized spacial score (nSPS) is 12.4. The van der Waals surface area contributed by atoms with Gasteiger partial charge in [0.05, 0.1) is 0 Å². The summed E-state index contributed by atoms with van der Waals surface area (Å²) in [4.78, 5) is 10.9. The van der Waals surface area contributed by atoms with Crippen LogP contribution in [0.2, 0.25) is 18.1 Å². The van der Waals surface area contributed by atoms with E-state index >= 15 is 0 Å². The molecule has 0 atom stereocenters. The second-order valence-electron chi connectivity index (χ2n) is 6.45. The predicted octanol–water partition coefficient (Wildman–Crippen LogP) is 4.50. The molecule has 0 saturated heterocycles. The average molecular weight is 264 g/mol. The lowest BCUT2D eigenvalue weighted by Gasteiger charge is -2.37. The van der Waals surface area contributed by atoms with Gasteiger partial charge in [-0.1, -0.05) is 20.8 Å². The third-order valence-corrected chi connectivity index (χ3v) is 8.20. The van der Waals surface area contributed by atoms with Crippen LogP contribution in [0.15, 0.2) is 12.1 Å². The number of carbonyl (C=O) groups is 1. The van der Waals surface area contributed by atoms with E-state index in [0.717, 1.165) is 28.7 Å². The first-order valence-corrected chi connectivity index (χ1v) is 9.25. The molecule has 0 aliphatic heterocycles. The van der Waals surface area contributed by atoms with Crippen LogP contribution in [0.5, 0.6) is 5.75 Å². The van der Waals surface area contributed by atoms with E-state index < -0.39 is 8.32 Å². The van der Waals surface area contributed by atoms with Crippen molar-refractivity contribution in [2.45, 2.75) is 52.8 Å². The summed E-state index contributed by atoms with van der Waals surface area (Å²) in [5, 5.41) is 0.177. The first-order chi connectivity index (χ1) is 8.08. The van der Waals surface area contributed by atoms with E-state index in [1.807, 2.05) is 26.0 Å². The van der Waals surface area contributed by atoms with E-state index in [1.54, 1.807) is 0 Å². The van der Waals surface area contributed by atoms with Crippen LogP contribution >= 0.6 is 0 Å². The zero-order valence-electron chi connectivity index (χ0n) is 12.5. The molecule has 0 spiro atoms. The molecule has 0 aliphatic rings. The summed E-state index contributed by atoms with van der Waals surface area (Å²) in [6, 6.07) is 3.89. The van der Waals surface area contributed by atoms with Gasteiger partial charge in [-0.2, -0.15) is 0 Å². The highest BCUT2D eigenvalue weighted by Gasteiger charge is 2.39. The van der Waals surface area contributed by atoms with E-state index in [9.17, 15) is 4.79 Å². The molecule has 0 aliphatic carbocycles. The molecule has 0 bridgehead atoms. The molecule has 18 heavy (non-hydrogen) atoms. The summed E-state index contributed by atoms with van der Waals surface area (Å²) in [7, 11) is -1.82. The van der Waals surface area contributed by atoms with Gasteiger partial charge in [0.15, 0.2) is 0 Å². The molecule has 1 aromatic carbocycles. The summed E-state index contributed by atoms with van der Waals surface area (Å²) in [6.07, 6.45) is 0.901. The molecule has 100 valence electrons. The van der Waals surface area contributed by atoms with Crippen molar-refractivity contribution in [2.75, 3.05) is 0 Å². The number of benzene rings is 1. The van der Waals surface area contributed by atoms with Crippen molar-refractivity contribution >= 4 is 14.6 Å². The van der Waals surface area contributed by atoms with Gasteiger partial charge >= 0.3 is 0 Å². The standard InChI is InChI=1S/C15H24O2Si/c1-11-9-14(12(2)8-13(11)10-16)17-18(6,7)15(3,4)5/h8-10H,1-7H3. The summed E-state index contributed by atoms with van der Waals surface area (Å²) < 4.78 is 6.30. The smallest absolute Gasteiger partial charge is 0.250 e. The van der Waals surface area contributed by atoms with Gasteiger partial charge in [-0.25, -0.2) is 0 Å². The van der Waals surface area contributed by atoms with E-state index in [2.05, 4.69) is 33.9 Å². The first-order valence-electron chi connectivity index (χ1n) is 6.34. The molecular weight excluding hydrogens is 240 g/mol. The van der Waals surface area contributed by atoms with Crippen LogP contribution < -0.4 is 4.43 Å². The third-order valence-electron chi connectivity index (χ3n) is 3.86. The van der Waals surface area contributed by atoms with Crippen molar-refractivity contribution in [3.63, 3.8) is 0 Å². The maximum atomic E-state index is 10.9. The fraction of sp³-hybridized carbons (Fsp3) is 0.533. The number of hydrogen-bond acceptors (Lipinski definition) is 2. The Bertz CT molecular complexity index is 456. The molecule has 0 saturated carbocycles. The van der Waals surface area contributed by atoms with Gasteiger partial charge in [-0.15, -0.1) is 0 Å². The quantitative estimate of drug-likeness (QED) is 0.593. The lowest BCUT2D eigenvalue weighted by atomic mass is 10.1. The van der Waals surface area contributed by atoms with Gasteiger partial charge < -0.3 is 4.43 Å². The van der Waals surface area contributed by atoms with E-state index in [0.29, 0.717) is 0 Å². The van der Waals surface area contributed by atoms with Crippen molar-refractivity contribution in [2.24, 2.45) is 0 Å². The Hall–Kier alpha value is -1.09. The lowest BCUT2D eigenvalue weighted by molar-refractivity contribution is 0.112. The molecule has 0 fully saturated rings. The molecule has 0 aromatic heterocycles. The fourth-order valence-electron chi connectivity index (χ4n) is 1.48. The van der Waals surface area contributed by atoms with Gasteiger partial charge in [-0.05, 0) is 55.2 Å². The molecule has 0 radical (unpaired) electrons. The van der Waals surface area contributed by atoms with Crippen LogP contribution in [0.3, 0.4) is 0 Å². The van der Waals surface area contributed by atoms with Crippen LogP contribution in [0.4, 0.5) is 0 Å². The molecule has 1 aromatic rings. The van der Waals surface area contributed by atoms with Crippen molar-refractivity contribution < 1.29 is 9.22 Å². The topological polar surface area (TPSA) is 26.3 Å². The number of carbonyl (C=O) groups excluding carboxylic acids is 1. The zero-order chi connectivity index (χ0) is 14.1. The van der Waals surface area contributed by atoms with E-state index in [-0.39, 0.29) is 5.04 Å². The molecule has 1 rings (SSSR count). The van der Waals surface area contributed by atoms with Gasteiger partial charge in [-0.3, -0.25) is 4.79 Å². The van der Waals surface area contributed by atoms with Crippen LogP contribution in [0.25, 0.3) is 0 Å². The van der Waals surface area contributed by atoms with Crippen molar-refractivity contribution in [1.82, 2.24) is 0 Å². The summed E-state index contributed by atoms with van der Waals surface area (Å²) in [5.41, 5.74) is 2.76. The molecule has 3 heteroatoms. The highest BCUT2D eigenvalue weighted by molar-refractivity contribution is 6.74. The van der Waals surface area contributed by atoms with E-state index in [1.165, 1.54) is 0 Å². The fourth-order valence-corrected chi connectivity index (χ4v) is 2.55. The van der Waals surface area contributed by atoms with E-state index in [4.69, 9.17) is 4.43 Å². The Morgan fingerprint density at radius 3 is 2.11 bits per heavy atom. The van der Waals surface area contributed by atoms with Gasteiger partial charge in [0, 0.05) is 5.56 Å². The van der Waals surface area contributed by atoms with Crippen LogP contribution in [0, 0.1) is 13.8 Å². The van der Waals surface area contributed by atoms with Crippen LogP contribution in [0.1, 0.15) is 42.3 Å². The number of aryl methyl sites for hydroxylation is 2. The van der Waals surface area contributed by atoms with Gasteiger partial charge in [0.2, 0.25) is 8.32 Å². The minimum Gasteiger partial charge on any atom is -0.543 e. The second kappa shape index (κ2) is 4.88. The van der Waals surface area contributed by atoms with Gasteiger partial charge in [0.1, 0.15) is 12.0 Å². The summed E-state index contributed by atoms with van der Waals surface area (Å²) in [5.74, 6) is 0.921. The average Bonchev–Trinajstić information content (AvgIpc) is 2.21. The Morgan fingerprint density at radius 1 is 1.11 bits per heavy atom. The zero-order valence-corrected chi connectivity index (χ0v) is 13.5. The minimum atomic E-state index is -1.82.